The van der Waals surface area contributed by atoms with Crippen molar-refractivity contribution in [1.82, 2.24) is 4.90 Å². The Morgan fingerprint density at radius 1 is 0.927 bits per heavy atom. The van der Waals surface area contributed by atoms with Crippen LogP contribution in [-0.2, 0) is 14.3 Å². The lowest BCUT2D eigenvalue weighted by molar-refractivity contribution is -0.159. The van der Waals surface area contributed by atoms with Gasteiger partial charge in [-0.05, 0) is 123 Å². The Morgan fingerprint density at radius 2 is 1.63 bits per heavy atom. The molecule has 41 heavy (non-hydrogen) atoms. The third-order valence-corrected chi connectivity index (χ3v) is 13.1. The Kier molecular flexibility index (Phi) is 11.5. The van der Waals surface area contributed by atoms with Crippen molar-refractivity contribution in [1.29, 1.82) is 0 Å². The molecule has 4 heteroatoms. The molecule has 236 valence electrons. The third kappa shape index (κ3) is 7.27. The van der Waals surface area contributed by atoms with Crippen molar-refractivity contribution >= 4 is 5.97 Å². The van der Waals surface area contributed by atoms with Crippen LogP contribution < -0.4 is 0 Å². The van der Waals surface area contributed by atoms with E-state index < -0.39 is 0 Å². The molecule has 0 unspecified atom stereocenters. The van der Waals surface area contributed by atoms with E-state index in [0.29, 0.717) is 28.9 Å². The van der Waals surface area contributed by atoms with Crippen molar-refractivity contribution in [2.24, 2.45) is 52.3 Å². The number of ether oxygens (including phenoxy) is 2. The summed E-state index contributed by atoms with van der Waals surface area (Å²) in [5, 5.41) is 0. The highest BCUT2D eigenvalue weighted by Gasteiger charge is 2.60. The minimum Gasteiger partial charge on any atom is -0.459 e. The van der Waals surface area contributed by atoms with Gasteiger partial charge in [0.05, 0.1) is 18.8 Å². The molecule has 4 saturated carbocycles. The number of esters is 1. The van der Waals surface area contributed by atoms with Gasteiger partial charge in [-0.3, -0.25) is 0 Å². The van der Waals surface area contributed by atoms with Crippen LogP contribution >= 0.6 is 0 Å². The zero-order valence-electron chi connectivity index (χ0n) is 28.0. The molecule has 0 radical (unpaired) electrons. The average molecular weight is 572 g/mol. The van der Waals surface area contributed by atoms with Crippen LogP contribution in [0.5, 0.6) is 0 Å². The van der Waals surface area contributed by atoms with Crippen LogP contribution in [0.4, 0.5) is 0 Å². The van der Waals surface area contributed by atoms with Gasteiger partial charge in [-0.1, -0.05) is 74.3 Å². The van der Waals surface area contributed by atoms with Crippen LogP contribution in [0.25, 0.3) is 0 Å². The monoisotopic (exact) mass is 571 g/mol. The van der Waals surface area contributed by atoms with Gasteiger partial charge in [-0.15, -0.1) is 0 Å². The lowest BCUT2D eigenvalue weighted by Crippen LogP contribution is -2.54. The molecule has 9 atom stereocenters. The van der Waals surface area contributed by atoms with Crippen LogP contribution in [0.3, 0.4) is 0 Å². The number of rotatable bonds is 14. The summed E-state index contributed by atoms with van der Waals surface area (Å²) in [6.45, 7) is 24.8. The first kappa shape index (κ1) is 33.0. The van der Waals surface area contributed by atoms with Gasteiger partial charge in [0.2, 0.25) is 0 Å². The minimum absolute atomic E-state index is 0.0426. The summed E-state index contributed by atoms with van der Waals surface area (Å²) in [5.74, 6) is 5.77. The first-order valence-electron chi connectivity index (χ1n) is 17.7. The molecule has 4 aliphatic rings. The van der Waals surface area contributed by atoms with E-state index in [2.05, 4.69) is 59.9 Å². The van der Waals surface area contributed by atoms with Gasteiger partial charge in [-0.2, -0.15) is 0 Å². The number of hydrogen-bond acceptors (Lipinski definition) is 4. The van der Waals surface area contributed by atoms with Crippen molar-refractivity contribution in [3.63, 3.8) is 0 Å². The number of likely N-dealkylation sites (N-methyl/N-ethyl adjacent to an activating group) is 1. The summed E-state index contributed by atoms with van der Waals surface area (Å²) >= 11 is 0. The fourth-order valence-electron chi connectivity index (χ4n) is 10.6. The maximum atomic E-state index is 12.9. The van der Waals surface area contributed by atoms with Gasteiger partial charge in [0.25, 0.3) is 0 Å². The molecule has 0 heterocycles. The molecule has 0 spiro atoms. The second kappa shape index (κ2) is 14.3. The van der Waals surface area contributed by atoms with E-state index in [4.69, 9.17) is 9.47 Å². The minimum atomic E-state index is -0.247. The smallest absolute Gasteiger partial charge is 0.336 e. The molecule has 4 fully saturated rings. The second-order valence-electron chi connectivity index (χ2n) is 15.7. The maximum Gasteiger partial charge on any atom is 0.336 e. The van der Waals surface area contributed by atoms with Crippen LogP contribution in [0.15, 0.2) is 12.2 Å². The van der Waals surface area contributed by atoms with E-state index in [1.54, 1.807) is 0 Å². The maximum absolute atomic E-state index is 12.9. The van der Waals surface area contributed by atoms with E-state index in [-0.39, 0.29) is 18.7 Å². The summed E-state index contributed by atoms with van der Waals surface area (Å²) < 4.78 is 11.8. The molecule has 0 aromatic rings. The van der Waals surface area contributed by atoms with E-state index >= 15 is 0 Å². The fourth-order valence-corrected chi connectivity index (χ4v) is 10.6. The average Bonchev–Trinajstić information content (AvgIpc) is 3.30. The van der Waals surface area contributed by atoms with Gasteiger partial charge >= 0.3 is 5.97 Å². The summed E-state index contributed by atoms with van der Waals surface area (Å²) in [6, 6.07) is 0. The highest BCUT2D eigenvalue weighted by atomic mass is 16.5. The van der Waals surface area contributed by atoms with Crippen LogP contribution in [0, 0.1) is 52.3 Å². The predicted octanol–water partition coefficient (Wildman–Crippen LogP) is 8.93. The zero-order chi connectivity index (χ0) is 29.8. The van der Waals surface area contributed by atoms with Gasteiger partial charge in [0.1, 0.15) is 6.10 Å². The molecular formula is C37H65NO3. The quantitative estimate of drug-likeness (QED) is 0.118. The summed E-state index contributed by atoms with van der Waals surface area (Å²) in [7, 11) is 0. The summed E-state index contributed by atoms with van der Waals surface area (Å²) in [5.41, 5.74) is 1.43. The Bertz CT molecular complexity index is 866. The Labute approximate surface area is 253 Å². The van der Waals surface area contributed by atoms with Gasteiger partial charge in [0, 0.05) is 6.54 Å². The third-order valence-electron chi connectivity index (χ3n) is 13.1. The molecule has 4 rings (SSSR count). The number of hydrogen-bond donors (Lipinski definition) is 0. The van der Waals surface area contributed by atoms with Gasteiger partial charge < -0.3 is 14.4 Å². The van der Waals surface area contributed by atoms with E-state index in [1.165, 1.54) is 64.2 Å². The molecule has 4 nitrogen and oxygen atoms in total. The molecule has 0 aromatic heterocycles. The van der Waals surface area contributed by atoms with E-state index in [9.17, 15) is 4.79 Å². The topological polar surface area (TPSA) is 38.8 Å². The van der Waals surface area contributed by atoms with Gasteiger partial charge in [0.15, 0.2) is 0 Å². The largest absolute Gasteiger partial charge is 0.459 e. The zero-order valence-corrected chi connectivity index (χ0v) is 28.0. The van der Waals surface area contributed by atoms with Crippen molar-refractivity contribution in [2.45, 2.75) is 132 Å². The van der Waals surface area contributed by atoms with Crippen LogP contribution in [0.2, 0.25) is 0 Å². The van der Waals surface area contributed by atoms with E-state index in [1.807, 2.05) is 0 Å². The molecule has 0 bridgehead atoms. The standard InChI is InChI=1S/C37H65NO3/c1-9-38(10-2)22-23-40-25-28(6)35(39)41-30-18-20-36(7)29(24-30)14-15-31-33-17-16-32(27(5)13-11-12-26(3)4)37(33,8)21-19-34(31)36/h26-27,29-34H,6,9-25H2,1-5,7-8H3/t27-,29-,30+,31+,32-,33-,34-,36+,37-/m1/s1. The summed E-state index contributed by atoms with van der Waals surface area (Å²) in [6.07, 6.45) is 16.0. The van der Waals surface area contributed by atoms with Crippen molar-refractivity contribution in [3.05, 3.63) is 12.2 Å². The number of nitrogens with zero attached hydrogens (tertiary/aromatic N) is 1. The predicted molar refractivity (Wildman–Crippen MR) is 171 cm³/mol. The molecule has 0 N–H and O–H groups in total. The number of fused-ring (bicyclic) bond motifs is 5. The van der Waals surface area contributed by atoms with Gasteiger partial charge in [-0.25, -0.2) is 4.79 Å². The molecular weight excluding hydrogens is 506 g/mol. The normalized spacial score (nSPS) is 37.4. The molecule has 0 amide bonds. The molecule has 0 saturated heterocycles. The van der Waals surface area contributed by atoms with Crippen molar-refractivity contribution < 1.29 is 14.3 Å². The first-order chi connectivity index (χ1) is 19.5. The van der Waals surface area contributed by atoms with Crippen molar-refractivity contribution in [3.8, 4) is 0 Å². The highest BCUT2D eigenvalue weighted by molar-refractivity contribution is 5.88. The number of carbonyl (C=O) groups excluding carboxylic acids is 1. The van der Waals surface area contributed by atoms with Crippen molar-refractivity contribution in [2.75, 3.05) is 32.8 Å². The molecule has 0 aromatic carbocycles. The van der Waals surface area contributed by atoms with Crippen LogP contribution in [-0.4, -0.2) is 49.8 Å². The lowest BCUT2D eigenvalue weighted by Gasteiger charge is -2.61. The second-order valence-corrected chi connectivity index (χ2v) is 15.7. The SMILES string of the molecule is C=C(COCCN(CC)CC)C(=O)O[C@H]1CC[C@@]2(C)[C@H](CC[C@H]3[C@H]4CC[C@H]([C@H](C)CCCC(C)C)[C@@]4(C)CC[C@H]32)C1. The van der Waals surface area contributed by atoms with Crippen LogP contribution in [0.1, 0.15) is 126 Å². The lowest BCUT2D eigenvalue weighted by atomic mass is 9.44. The number of carbonyl (C=O) groups is 1. The Morgan fingerprint density at radius 3 is 2.34 bits per heavy atom. The highest BCUT2D eigenvalue weighted by Crippen LogP contribution is 2.68. The fraction of sp³-hybridized carbons (Fsp3) is 0.919. The molecule has 0 aliphatic heterocycles. The molecule has 4 aliphatic carbocycles. The van der Waals surface area contributed by atoms with E-state index in [0.717, 1.165) is 68.0 Å². The Hall–Kier alpha value is -0.870. The Balaban J connectivity index is 1.28. The summed E-state index contributed by atoms with van der Waals surface area (Å²) in [4.78, 5) is 15.2. The first-order valence-corrected chi connectivity index (χ1v) is 17.7.